The van der Waals surface area contributed by atoms with E-state index in [9.17, 15) is 4.79 Å². The minimum absolute atomic E-state index is 0.212. The van der Waals surface area contributed by atoms with Crippen molar-refractivity contribution in [3.8, 4) is 22.6 Å². The second-order valence-corrected chi connectivity index (χ2v) is 10.6. The van der Waals surface area contributed by atoms with E-state index in [1.165, 1.54) is 11.1 Å². The van der Waals surface area contributed by atoms with Gasteiger partial charge in [0.05, 0.1) is 5.39 Å². The molecule has 7 rings (SSSR count). The summed E-state index contributed by atoms with van der Waals surface area (Å²) in [6.45, 7) is 9.25. The van der Waals surface area contributed by atoms with Gasteiger partial charge in [0, 0.05) is 36.3 Å². The van der Waals surface area contributed by atoms with Crippen LogP contribution in [0.15, 0.2) is 114 Å². The summed E-state index contributed by atoms with van der Waals surface area (Å²) in [5.74, 6) is 1.93. The molecule has 2 aliphatic heterocycles. The summed E-state index contributed by atoms with van der Waals surface area (Å²) in [6, 6.07) is 29.6. The lowest BCUT2D eigenvalue weighted by Crippen LogP contribution is -2.22. The van der Waals surface area contributed by atoms with Gasteiger partial charge in [-0.25, -0.2) is 0 Å². The highest BCUT2D eigenvalue weighted by Gasteiger charge is 2.28. The van der Waals surface area contributed by atoms with Crippen LogP contribution in [0.5, 0.6) is 11.5 Å². The van der Waals surface area contributed by atoms with Crippen molar-refractivity contribution in [2.45, 2.75) is 20.0 Å². The maximum atomic E-state index is 14.0. The number of nitrogens with zero attached hydrogens (tertiary/aromatic N) is 1. The van der Waals surface area contributed by atoms with Gasteiger partial charge in [-0.2, -0.15) is 0 Å². The summed E-state index contributed by atoms with van der Waals surface area (Å²) < 4.78 is 18.5. The molecule has 0 atom stereocenters. The minimum atomic E-state index is -0.212. The van der Waals surface area contributed by atoms with E-state index in [1.54, 1.807) is 12.1 Å². The Morgan fingerprint density at radius 2 is 1.68 bits per heavy atom. The Hall–Kier alpha value is -4.87. The fraction of sp³-hybridized carbons (Fsp3) is 0.139. The van der Waals surface area contributed by atoms with Crippen molar-refractivity contribution in [1.29, 1.82) is 0 Å². The van der Waals surface area contributed by atoms with E-state index in [-0.39, 0.29) is 11.5 Å². The number of hydrogen-bond donors (Lipinski definition) is 0. The zero-order valence-corrected chi connectivity index (χ0v) is 22.9. The number of carbonyl (C=O) groups is 1. The lowest BCUT2D eigenvalue weighted by molar-refractivity contribution is 0.101. The van der Waals surface area contributed by atoms with Gasteiger partial charge in [0.25, 0.3) is 0 Å². The molecule has 0 bridgehead atoms. The molecule has 0 spiro atoms. The summed E-state index contributed by atoms with van der Waals surface area (Å²) in [6.07, 6.45) is 1.91. The first-order valence-electron chi connectivity index (χ1n) is 13.8. The molecule has 0 aliphatic carbocycles. The predicted molar refractivity (Wildman–Crippen MR) is 161 cm³/mol. The molecule has 5 nitrogen and oxygen atoms in total. The molecule has 0 saturated heterocycles. The summed E-state index contributed by atoms with van der Waals surface area (Å²) in [5, 5.41) is 0.768. The average molecular weight is 540 g/mol. The number of fused-ring (bicyclic) bond motifs is 4. The van der Waals surface area contributed by atoms with Crippen LogP contribution in [0.2, 0.25) is 0 Å². The van der Waals surface area contributed by atoms with Crippen molar-refractivity contribution in [2.24, 2.45) is 0 Å². The first-order valence-corrected chi connectivity index (χ1v) is 13.8. The van der Waals surface area contributed by atoms with Gasteiger partial charge in [-0.3, -0.25) is 9.69 Å². The minimum Gasteiger partial charge on any atom is -0.492 e. The lowest BCUT2D eigenvalue weighted by atomic mass is 9.94. The molecule has 0 saturated carbocycles. The van der Waals surface area contributed by atoms with Gasteiger partial charge in [-0.15, -0.1) is 0 Å². The Morgan fingerprint density at radius 3 is 2.46 bits per heavy atom. The molecule has 2 aliphatic rings. The number of rotatable bonds is 7. The van der Waals surface area contributed by atoms with E-state index in [0.717, 1.165) is 41.7 Å². The van der Waals surface area contributed by atoms with E-state index in [4.69, 9.17) is 13.9 Å². The summed E-state index contributed by atoms with van der Waals surface area (Å²) in [5.41, 5.74) is 7.44. The number of carbonyl (C=O) groups excluding carboxylic acids is 1. The van der Waals surface area contributed by atoms with Crippen LogP contribution >= 0.6 is 0 Å². The number of ketones is 1. The number of benzene rings is 4. The molecule has 202 valence electrons. The Bertz CT molecular complexity index is 1820. The molecule has 5 heteroatoms. The van der Waals surface area contributed by atoms with E-state index in [1.807, 2.05) is 67.6 Å². The Balaban J connectivity index is 1.19. The Labute approximate surface area is 238 Å². The SMILES string of the molecule is C=C1C=C(C)c2ccc3oc(C(=O)c4cccc(OCCN5Cc6ccccc6C5)c4)c(-c4ccccc4)c3c2O1. The van der Waals surface area contributed by atoms with E-state index < -0.39 is 0 Å². The van der Waals surface area contributed by atoms with Gasteiger partial charge in [-0.05, 0) is 59.5 Å². The summed E-state index contributed by atoms with van der Waals surface area (Å²) >= 11 is 0. The van der Waals surface area contributed by atoms with Crippen molar-refractivity contribution < 1.29 is 18.7 Å². The van der Waals surface area contributed by atoms with Crippen molar-refractivity contribution in [1.82, 2.24) is 4.90 Å². The molecule has 1 aromatic heterocycles. The van der Waals surface area contributed by atoms with Crippen LogP contribution in [0.4, 0.5) is 0 Å². The van der Waals surface area contributed by atoms with Crippen molar-refractivity contribution in [3.63, 3.8) is 0 Å². The van der Waals surface area contributed by atoms with Crippen LogP contribution in [0.25, 0.3) is 27.7 Å². The zero-order chi connectivity index (χ0) is 27.9. The molecule has 5 aromatic rings. The molecule has 41 heavy (non-hydrogen) atoms. The molecule has 0 radical (unpaired) electrons. The largest absolute Gasteiger partial charge is 0.492 e. The van der Waals surface area contributed by atoms with Gasteiger partial charge in [-0.1, -0.05) is 73.3 Å². The molecule has 3 heterocycles. The Kier molecular flexibility index (Phi) is 6.29. The molecule has 0 fully saturated rings. The molecule has 0 unspecified atom stereocenters. The average Bonchev–Trinajstić information content (AvgIpc) is 3.59. The number of hydrogen-bond acceptors (Lipinski definition) is 5. The third kappa shape index (κ3) is 4.64. The van der Waals surface area contributed by atoms with Crippen LogP contribution in [-0.4, -0.2) is 23.8 Å². The first kappa shape index (κ1) is 25.1. The van der Waals surface area contributed by atoms with Crippen molar-refractivity contribution in [3.05, 3.63) is 137 Å². The van der Waals surface area contributed by atoms with Crippen LogP contribution in [-0.2, 0) is 13.1 Å². The number of ether oxygens (including phenoxy) is 2. The van der Waals surface area contributed by atoms with Gasteiger partial charge in [0.1, 0.15) is 29.4 Å². The second kappa shape index (κ2) is 10.3. The van der Waals surface area contributed by atoms with Crippen molar-refractivity contribution in [2.75, 3.05) is 13.2 Å². The smallest absolute Gasteiger partial charge is 0.229 e. The highest BCUT2D eigenvalue weighted by Crippen LogP contribution is 2.46. The predicted octanol–water partition coefficient (Wildman–Crippen LogP) is 8.03. The first-order chi connectivity index (χ1) is 20.0. The maximum Gasteiger partial charge on any atom is 0.229 e. The molecule has 0 N–H and O–H groups in total. The quantitative estimate of drug-likeness (QED) is 0.196. The van der Waals surface area contributed by atoms with Crippen LogP contribution < -0.4 is 9.47 Å². The number of allylic oxidation sites excluding steroid dienone is 2. The third-order valence-corrected chi connectivity index (χ3v) is 7.79. The fourth-order valence-corrected chi connectivity index (χ4v) is 5.81. The Morgan fingerprint density at radius 1 is 0.927 bits per heavy atom. The molecular formula is C36H29NO4. The van der Waals surface area contributed by atoms with Gasteiger partial charge < -0.3 is 13.9 Å². The second-order valence-electron chi connectivity index (χ2n) is 10.6. The van der Waals surface area contributed by atoms with Crippen LogP contribution in [0, 0.1) is 0 Å². The molecule has 4 aromatic carbocycles. The van der Waals surface area contributed by atoms with Crippen LogP contribution in [0.3, 0.4) is 0 Å². The summed E-state index contributed by atoms with van der Waals surface area (Å²) in [7, 11) is 0. The lowest BCUT2D eigenvalue weighted by Gasteiger charge is -2.19. The van der Waals surface area contributed by atoms with E-state index >= 15 is 0 Å². The monoisotopic (exact) mass is 539 g/mol. The topological polar surface area (TPSA) is 51.9 Å². The molecule has 0 amide bonds. The van der Waals surface area contributed by atoms with E-state index in [2.05, 4.69) is 35.7 Å². The van der Waals surface area contributed by atoms with Gasteiger partial charge in [0.15, 0.2) is 5.76 Å². The summed E-state index contributed by atoms with van der Waals surface area (Å²) in [4.78, 5) is 16.4. The zero-order valence-electron chi connectivity index (χ0n) is 22.9. The fourth-order valence-electron chi connectivity index (χ4n) is 5.81. The third-order valence-electron chi connectivity index (χ3n) is 7.79. The highest BCUT2D eigenvalue weighted by atomic mass is 16.5. The maximum absolute atomic E-state index is 14.0. The van der Waals surface area contributed by atoms with E-state index in [0.29, 0.717) is 40.6 Å². The van der Waals surface area contributed by atoms with Gasteiger partial charge >= 0.3 is 0 Å². The van der Waals surface area contributed by atoms with Crippen LogP contribution in [0.1, 0.15) is 39.7 Å². The highest BCUT2D eigenvalue weighted by molar-refractivity contribution is 6.17. The standard InChI is InChI=1S/C36H29NO4/c1-23-19-24(2)40-35-30(23)15-16-31-33(35)32(25-9-4-3-5-10-25)36(41-31)34(38)26-13-8-14-29(20-26)39-18-17-37-21-27-11-6-7-12-28(27)22-37/h3-16,19-20H,2,17-18,21-22H2,1H3. The number of furan rings is 1. The molecular weight excluding hydrogens is 510 g/mol. The normalized spacial score (nSPS) is 14.4. The van der Waals surface area contributed by atoms with Crippen molar-refractivity contribution >= 4 is 22.3 Å². The van der Waals surface area contributed by atoms with Gasteiger partial charge in [0.2, 0.25) is 5.78 Å².